The highest BCUT2D eigenvalue weighted by Crippen LogP contribution is 2.23. The van der Waals surface area contributed by atoms with Gasteiger partial charge in [-0.1, -0.05) is 25.2 Å². The summed E-state index contributed by atoms with van der Waals surface area (Å²) < 4.78 is 0. The van der Waals surface area contributed by atoms with Crippen LogP contribution in [0.2, 0.25) is 0 Å². The summed E-state index contributed by atoms with van der Waals surface area (Å²) in [6.07, 6.45) is 1.64. The fourth-order valence-electron chi connectivity index (χ4n) is 0.842. The Morgan fingerprint density at radius 2 is 2.40 bits per heavy atom. The van der Waals surface area contributed by atoms with Crippen LogP contribution < -0.4 is 10.6 Å². The summed E-state index contributed by atoms with van der Waals surface area (Å²) in [4.78, 5) is 15.4. The van der Waals surface area contributed by atoms with Crippen molar-refractivity contribution in [2.24, 2.45) is 5.92 Å². The summed E-state index contributed by atoms with van der Waals surface area (Å²) in [5, 5.41) is 15.7. The van der Waals surface area contributed by atoms with E-state index in [0.29, 0.717) is 11.7 Å². The molecule has 3 N–H and O–H groups in total. The van der Waals surface area contributed by atoms with E-state index in [9.17, 15) is 4.79 Å². The topological polar surface area (TPSA) is 74.2 Å². The van der Waals surface area contributed by atoms with Gasteiger partial charge in [0.05, 0.1) is 12.8 Å². The fraction of sp³-hybridized carbons (Fsp3) is 0.556. The molecule has 0 unspecified atom stereocenters. The molecule has 1 amide bonds. The zero-order chi connectivity index (χ0) is 11.3. The van der Waals surface area contributed by atoms with Crippen molar-refractivity contribution >= 4 is 27.4 Å². The number of nitrogens with one attached hydrogen (secondary N) is 2. The monoisotopic (exact) mass is 229 g/mol. The Hall–Kier alpha value is -1.14. The first-order chi connectivity index (χ1) is 7.13. The number of thiazole rings is 1. The molecule has 0 aliphatic rings. The molecule has 6 heteroatoms. The number of aliphatic hydroxyl groups excluding tert-OH is 1. The molecule has 0 radical (unpaired) electrons. The zero-order valence-corrected chi connectivity index (χ0v) is 9.60. The molecule has 0 saturated heterocycles. The molecule has 1 aromatic heterocycles. The van der Waals surface area contributed by atoms with Crippen molar-refractivity contribution in [1.29, 1.82) is 0 Å². The van der Waals surface area contributed by atoms with Crippen LogP contribution in [0.15, 0.2) is 6.20 Å². The number of hydrogen-bond acceptors (Lipinski definition) is 5. The molecule has 0 aliphatic carbocycles. The van der Waals surface area contributed by atoms with Gasteiger partial charge in [0.2, 0.25) is 5.91 Å². The molecule has 0 spiro atoms. The van der Waals surface area contributed by atoms with Crippen LogP contribution in [0.1, 0.15) is 13.8 Å². The summed E-state index contributed by atoms with van der Waals surface area (Å²) in [6, 6.07) is 0. The van der Waals surface area contributed by atoms with E-state index in [2.05, 4.69) is 15.6 Å². The van der Waals surface area contributed by atoms with E-state index in [1.54, 1.807) is 6.20 Å². The van der Waals surface area contributed by atoms with Gasteiger partial charge in [0.25, 0.3) is 0 Å². The average Bonchev–Trinajstić information content (AvgIpc) is 2.62. The number of anilines is 2. The van der Waals surface area contributed by atoms with Crippen molar-refractivity contribution in [2.45, 2.75) is 13.8 Å². The molecule has 1 heterocycles. The molecular weight excluding hydrogens is 214 g/mol. The summed E-state index contributed by atoms with van der Waals surface area (Å²) in [5.74, 6) is -0.0965. The second kappa shape index (κ2) is 5.67. The van der Waals surface area contributed by atoms with Crippen molar-refractivity contribution in [3.05, 3.63) is 6.20 Å². The van der Waals surface area contributed by atoms with E-state index in [1.165, 1.54) is 11.3 Å². The lowest BCUT2D eigenvalue weighted by Gasteiger charge is -2.03. The molecule has 15 heavy (non-hydrogen) atoms. The smallest absolute Gasteiger partial charge is 0.228 e. The van der Waals surface area contributed by atoms with Gasteiger partial charge in [0, 0.05) is 12.5 Å². The predicted molar refractivity (Wildman–Crippen MR) is 61.2 cm³/mol. The summed E-state index contributed by atoms with van der Waals surface area (Å²) >= 11 is 1.35. The molecule has 5 nitrogen and oxygen atoms in total. The standard InChI is InChI=1S/C9H15N3O2S/c1-6(2)8(14)12-9-11-5-7(15-9)10-3-4-13/h5-6,10,13H,3-4H2,1-2H3,(H,11,12,14). The summed E-state index contributed by atoms with van der Waals surface area (Å²) in [6.45, 7) is 4.22. The molecule has 0 saturated carbocycles. The lowest BCUT2D eigenvalue weighted by molar-refractivity contribution is -0.118. The van der Waals surface area contributed by atoms with Gasteiger partial charge in [-0.3, -0.25) is 4.79 Å². The largest absolute Gasteiger partial charge is 0.395 e. The number of aromatic nitrogens is 1. The fourth-order valence-corrected chi connectivity index (χ4v) is 1.59. The van der Waals surface area contributed by atoms with Crippen LogP contribution in [-0.4, -0.2) is 29.1 Å². The highest BCUT2D eigenvalue weighted by atomic mass is 32.1. The van der Waals surface area contributed by atoms with Gasteiger partial charge in [-0.25, -0.2) is 4.98 Å². The van der Waals surface area contributed by atoms with Crippen molar-refractivity contribution in [2.75, 3.05) is 23.8 Å². The maximum atomic E-state index is 11.3. The van der Waals surface area contributed by atoms with Crippen molar-refractivity contribution < 1.29 is 9.90 Å². The van der Waals surface area contributed by atoms with Gasteiger partial charge in [-0.05, 0) is 0 Å². The number of hydrogen-bond donors (Lipinski definition) is 3. The zero-order valence-electron chi connectivity index (χ0n) is 8.78. The van der Waals surface area contributed by atoms with Gasteiger partial charge < -0.3 is 15.7 Å². The Morgan fingerprint density at radius 1 is 1.67 bits per heavy atom. The Morgan fingerprint density at radius 3 is 3.00 bits per heavy atom. The van der Waals surface area contributed by atoms with Crippen molar-refractivity contribution in [3.63, 3.8) is 0 Å². The van der Waals surface area contributed by atoms with Gasteiger partial charge >= 0.3 is 0 Å². The van der Waals surface area contributed by atoms with E-state index in [1.807, 2.05) is 13.8 Å². The number of carbonyl (C=O) groups is 1. The number of aliphatic hydroxyl groups is 1. The maximum Gasteiger partial charge on any atom is 0.228 e. The minimum atomic E-state index is -0.0530. The first-order valence-corrected chi connectivity index (χ1v) is 5.56. The molecule has 0 aliphatic heterocycles. The van der Waals surface area contributed by atoms with Gasteiger partial charge in [0.15, 0.2) is 5.13 Å². The molecule has 1 aromatic rings. The Balaban J connectivity index is 2.49. The van der Waals surface area contributed by atoms with E-state index < -0.39 is 0 Å². The number of nitrogens with zero attached hydrogens (tertiary/aromatic N) is 1. The molecule has 0 atom stereocenters. The molecule has 1 rings (SSSR count). The van der Waals surface area contributed by atoms with Gasteiger partial charge in [-0.2, -0.15) is 0 Å². The summed E-state index contributed by atoms with van der Waals surface area (Å²) in [5.41, 5.74) is 0. The van der Waals surface area contributed by atoms with Crippen molar-refractivity contribution in [1.82, 2.24) is 4.98 Å². The Labute approximate surface area is 92.5 Å². The minimum absolute atomic E-state index is 0.0435. The first-order valence-electron chi connectivity index (χ1n) is 4.75. The van der Waals surface area contributed by atoms with Crippen LogP contribution in [0.25, 0.3) is 0 Å². The number of rotatable bonds is 5. The highest BCUT2D eigenvalue weighted by Gasteiger charge is 2.09. The third kappa shape index (κ3) is 3.85. The average molecular weight is 229 g/mol. The lowest BCUT2D eigenvalue weighted by Crippen LogP contribution is -2.17. The van der Waals surface area contributed by atoms with Crippen LogP contribution in [0.3, 0.4) is 0 Å². The molecule has 84 valence electrons. The Bertz CT molecular complexity index is 325. The molecule has 0 aromatic carbocycles. The number of carbonyl (C=O) groups excluding carboxylic acids is 1. The SMILES string of the molecule is CC(C)C(=O)Nc1ncc(NCCO)s1. The second-order valence-electron chi connectivity index (χ2n) is 3.32. The highest BCUT2D eigenvalue weighted by molar-refractivity contribution is 7.19. The van der Waals surface area contributed by atoms with Crippen LogP contribution >= 0.6 is 11.3 Å². The number of amides is 1. The van der Waals surface area contributed by atoms with E-state index in [0.717, 1.165) is 5.00 Å². The van der Waals surface area contributed by atoms with Crippen LogP contribution in [-0.2, 0) is 4.79 Å². The first kappa shape index (κ1) is 11.9. The third-order valence-electron chi connectivity index (χ3n) is 1.67. The minimum Gasteiger partial charge on any atom is -0.395 e. The predicted octanol–water partition coefficient (Wildman–Crippen LogP) is 1.14. The normalized spacial score (nSPS) is 10.4. The van der Waals surface area contributed by atoms with Gasteiger partial charge in [0.1, 0.15) is 5.00 Å². The van der Waals surface area contributed by atoms with E-state index in [-0.39, 0.29) is 18.4 Å². The van der Waals surface area contributed by atoms with Crippen LogP contribution in [0, 0.1) is 5.92 Å². The lowest BCUT2D eigenvalue weighted by atomic mass is 10.2. The molecule has 0 bridgehead atoms. The van der Waals surface area contributed by atoms with Crippen molar-refractivity contribution in [3.8, 4) is 0 Å². The Kier molecular flexibility index (Phi) is 4.51. The second-order valence-corrected chi connectivity index (χ2v) is 4.35. The van der Waals surface area contributed by atoms with E-state index >= 15 is 0 Å². The van der Waals surface area contributed by atoms with E-state index in [4.69, 9.17) is 5.11 Å². The van der Waals surface area contributed by atoms with Crippen LogP contribution in [0.4, 0.5) is 10.1 Å². The maximum absolute atomic E-state index is 11.3. The quantitative estimate of drug-likeness (QED) is 0.708. The molecular formula is C9H15N3O2S. The van der Waals surface area contributed by atoms with Crippen LogP contribution in [0.5, 0.6) is 0 Å². The molecule has 0 fully saturated rings. The third-order valence-corrected chi connectivity index (χ3v) is 2.54. The van der Waals surface area contributed by atoms with Gasteiger partial charge in [-0.15, -0.1) is 0 Å². The summed E-state index contributed by atoms with van der Waals surface area (Å²) in [7, 11) is 0.